The molecule has 0 saturated carbocycles. The van der Waals surface area contributed by atoms with E-state index < -0.39 is 0 Å². The van der Waals surface area contributed by atoms with E-state index in [9.17, 15) is 9.59 Å². The average molecular weight is 366 g/mol. The van der Waals surface area contributed by atoms with E-state index in [-0.39, 0.29) is 30.7 Å². The second-order valence-electron chi connectivity index (χ2n) is 6.85. The van der Waals surface area contributed by atoms with Crippen molar-refractivity contribution in [2.45, 2.75) is 38.6 Å². The lowest BCUT2D eigenvalue weighted by Gasteiger charge is -2.29. The number of hydrogen-bond acceptors (Lipinski definition) is 3. The van der Waals surface area contributed by atoms with E-state index in [0.717, 1.165) is 24.3 Å². The molecular formula is C22H26N2O3. The Bertz CT molecular complexity index is 776. The zero-order valence-corrected chi connectivity index (χ0v) is 15.7. The first-order valence-corrected chi connectivity index (χ1v) is 9.49. The van der Waals surface area contributed by atoms with E-state index in [0.29, 0.717) is 13.2 Å². The quantitative estimate of drug-likeness (QED) is 0.818. The summed E-state index contributed by atoms with van der Waals surface area (Å²) in [5.74, 6) is 0.597. The largest absolute Gasteiger partial charge is 0.490 e. The van der Waals surface area contributed by atoms with Gasteiger partial charge in [-0.15, -0.1) is 0 Å². The van der Waals surface area contributed by atoms with Crippen molar-refractivity contribution in [3.05, 3.63) is 60.2 Å². The van der Waals surface area contributed by atoms with E-state index in [2.05, 4.69) is 17.4 Å². The normalized spacial score (nSPS) is 14.0. The molecule has 1 atom stereocenters. The number of anilines is 1. The number of rotatable bonds is 7. The minimum atomic E-state index is -0.0783. The van der Waals surface area contributed by atoms with Gasteiger partial charge in [0.15, 0.2) is 0 Å². The Morgan fingerprint density at radius 2 is 1.81 bits per heavy atom. The van der Waals surface area contributed by atoms with Crippen molar-refractivity contribution in [1.82, 2.24) is 5.32 Å². The molecule has 5 heteroatoms. The molecule has 2 amide bonds. The number of amides is 2. The Morgan fingerprint density at radius 1 is 1.07 bits per heavy atom. The van der Waals surface area contributed by atoms with Crippen molar-refractivity contribution in [2.24, 2.45) is 0 Å². The molecule has 1 N–H and O–H groups in total. The zero-order chi connectivity index (χ0) is 19.1. The van der Waals surface area contributed by atoms with Crippen LogP contribution in [0.5, 0.6) is 5.75 Å². The van der Waals surface area contributed by atoms with Crippen molar-refractivity contribution in [3.63, 3.8) is 0 Å². The maximum Gasteiger partial charge on any atom is 0.227 e. The predicted molar refractivity (Wildman–Crippen MR) is 106 cm³/mol. The molecule has 2 aromatic rings. The molecule has 0 aromatic heterocycles. The number of carbonyl (C=O) groups is 2. The summed E-state index contributed by atoms with van der Waals surface area (Å²) in [6.07, 6.45) is 2.20. The Labute approximate surface area is 160 Å². The fourth-order valence-corrected chi connectivity index (χ4v) is 3.23. The van der Waals surface area contributed by atoms with Gasteiger partial charge in [0, 0.05) is 18.9 Å². The van der Waals surface area contributed by atoms with E-state index in [4.69, 9.17) is 4.74 Å². The SMILES string of the molecule is C[C@@H](CCc1ccccc1)NC(=O)CCC(=O)N1CCOc2ccccc21. The van der Waals surface area contributed by atoms with Crippen LogP contribution in [-0.4, -0.2) is 31.0 Å². The minimum Gasteiger partial charge on any atom is -0.490 e. The van der Waals surface area contributed by atoms with Crippen LogP contribution >= 0.6 is 0 Å². The summed E-state index contributed by atoms with van der Waals surface area (Å²) in [5, 5.41) is 2.99. The van der Waals surface area contributed by atoms with Gasteiger partial charge in [0.2, 0.25) is 11.8 Å². The molecule has 1 aliphatic rings. The molecule has 1 heterocycles. The molecule has 1 aliphatic heterocycles. The third kappa shape index (κ3) is 5.33. The van der Waals surface area contributed by atoms with Gasteiger partial charge in [-0.25, -0.2) is 0 Å². The standard InChI is InChI=1S/C22H26N2O3/c1-17(11-12-18-7-3-2-4-8-18)23-21(25)13-14-22(26)24-15-16-27-20-10-6-5-9-19(20)24/h2-10,17H,11-16H2,1H3,(H,23,25)/t17-/m0/s1. The molecule has 2 aromatic carbocycles. The summed E-state index contributed by atoms with van der Waals surface area (Å²) in [4.78, 5) is 26.5. The van der Waals surface area contributed by atoms with Crippen LogP contribution in [0, 0.1) is 0 Å². The molecule has 142 valence electrons. The Morgan fingerprint density at radius 3 is 2.63 bits per heavy atom. The van der Waals surface area contributed by atoms with Crippen molar-refractivity contribution in [2.75, 3.05) is 18.1 Å². The minimum absolute atomic E-state index is 0.0437. The summed E-state index contributed by atoms with van der Waals surface area (Å²) in [6, 6.07) is 17.8. The number of para-hydroxylation sites is 2. The number of benzene rings is 2. The molecule has 0 spiro atoms. The van der Waals surface area contributed by atoms with E-state index in [1.54, 1.807) is 4.90 Å². The highest BCUT2D eigenvalue weighted by Crippen LogP contribution is 2.31. The predicted octanol–water partition coefficient (Wildman–Crippen LogP) is 3.33. The molecule has 5 nitrogen and oxygen atoms in total. The van der Waals surface area contributed by atoms with Gasteiger partial charge in [-0.3, -0.25) is 9.59 Å². The number of aryl methyl sites for hydroxylation is 1. The van der Waals surface area contributed by atoms with E-state index >= 15 is 0 Å². The van der Waals surface area contributed by atoms with Crippen LogP contribution in [0.1, 0.15) is 31.7 Å². The molecule has 27 heavy (non-hydrogen) atoms. The maximum atomic E-state index is 12.6. The molecular weight excluding hydrogens is 340 g/mol. The lowest BCUT2D eigenvalue weighted by Crippen LogP contribution is -2.39. The van der Waals surface area contributed by atoms with Gasteiger partial charge in [0.25, 0.3) is 0 Å². The molecule has 0 aliphatic carbocycles. The van der Waals surface area contributed by atoms with Gasteiger partial charge in [-0.05, 0) is 37.5 Å². The number of carbonyl (C=O) groups excluding carboxylic acids is 2. The topological polar surface area (TPSA) is 58.6 Å². The second kappa shape index (κ2) is 9.21. The highest BCUT2D eigenvalue weighted by molar-refractivity contribution is 5.97. The highest BCUT2D eigenvalue weighted by atomic mass is 16.5. The van der Waals surface area contributed by atoms with Gasteiger partial charge in [-0.2, -0.15) is 0 Å². The van der Waals surface area contributed by atoms with Gasteiger partial charge in [0.05, 0.1) is 12.2 Å². The second-order valence-corrected chi connectivity index (χ2v) is 6.85. The van der Waals surface area contributed by atoms with Crippen LogP contribution in [0.4, 0.5) is 5.69 Å². The van der Waals surface area contributed by atoms with Crippen molar-refractivity contribution >= 4 is 17.5 Å². The molecule has 0 radical (unpaired) electrons. The molecule has 0 fully saturated rings. The first-order chi connectivity index (χ1) is 13.1. The number of fused-ring (bicyclic) bond motifs is 1. The van der Waals surface area contributed by atoms with Crippen molar-refractivity contribution in [3.8, 4) is 5.75 Å². The summed E-state index contributed by atoms with van der Waals surface area (Å²) in [7, 11) is 0. The summed E-state index contributed by atoms with van der Waals surface area (Å²) < 4.78 is 5.57. The van der Waals surface area contributed by atoms with Crippen molar-refractivity contribution in [1.29, 1.82) is 0 Å². The van der Waals surface area contributed by atoms with E-state index in [1.807, 2.05) is 49.4 Å². The third-order valence-corrected chi connectivity index (χ3v) is 4.71. The van der Waals surface area contributed by atoms with Crippen LogP contribution in [0.2, 0.25) is 0 Å². The Balaban J connectivity index is 1.43. The summed E-state index contributed by atoms with van der Waals surface area (Å²) >= 11 is 0. The molecule has 3 rings (SSSR count). The first-order valence-electron chi connectivity index (χ1n) is 9.49. The van der Waals surface area contributed by atoms with E-state index in [1.165, 1.54) is 5.56 Å². The highest BCUT2D eigenvalue weighted by Gasteiger charge is 2.23. The fraction of sp³-hybridized carbons (Fsp3) is 0.364. The number of nitrogens with one attached hydrogen (secondary N) is 1. The smallest absolute Gasteiger partial charge is 0.227 e. The van der Waals surface area contributed by atoms with Crippen LogP contribution < -0.4 is 15.0 Å². The fourth-order valence-electron chi connectivity index (χ4n) is 3.23. The van der Waals surface area contributed by atoms with Crippen LogP contribution in [0.15, 0.2) is 54.6 Å². The van der Waals surface area contributed by atoms with Gasteiger partial charge >= 0.3 is 0 Å². The maximum absolute atomic E-state index is 12.6. The average Bonchev–Trinajstić information content (AvgIpc) is 2.71. The van der Waals surface area contributed by atoms with Crippen LogP contribution in [-0.2, 0) is 16.0 Å². The lowest BCUT2D eigenvalue weighted by atomic mass is 10.1. The van der Waals surface area contributed by atoms with Crippen LogP contribution in [0.3, 0.4) is 0 Å². The summed E-state index contributed by atoms with van der Waals surface area (Å²) in [5.41, 5.74) is 2.05. The van der Waals surface area contributed by atoms with Gasteiger partial charge in [0.1, 0.15) is 12.4 Å². The Kier molecular flexibility index (Phi) is 6.47. The molecule has 0 bridgehead atoms. The number of hydrogen-bond donors (Lipinski definition) is 1. The lowest BCUT2D eigenvalue weighted by molar-refractivity contribution is -0.125. The zero-order valence-electron chi connectivity index (χ0n) is 15.7. The monoisotopic (exact) mass is 366 g/mol. The van der Waals surface area contributed by atoms with Crippen LogP contribution in [0.25, 0.3) is 0 Å². The Hall–Kier alpha value is -2.82. The first kappa shape index (κ1) is 19.0. The van der Waals surface area contributed by atoms with Crippen molar-refractivity contribution < 1.29 is 14.3 Å². The summed E-state index contributed by atoms with van der Waals surface area (Å²) in [6.45, 7) is 3.00. The van der Waals surface area contributed by atoms with Gasteiger partial charge in [-0.1, -0.05) is 42.5 Å². The number of nitrogens with zero attached hydrogens (tertiary/aromatic N) is 1. The third-order valence-electron chi connectivity index (χ3n) is 4.71. The molecule has 0 unspecified atom stereocenters. The number of ether oxygens (including phenoxy) is 1. The van der Waals surface area contributed by atoms with Gasteiger partial charge < -0.3 is 15.0 Å². The molecule has 0 saturated heterocycles.